The maximum atomic E-state index is 12.8. The molecule has 2 aliphatic heterocycles. The van der Waals surface area contributed by atoms with E-state index in [1.54, 1.807) is 30.0 Å². The first-order valence-corrected chi connectivity index (χ1v) is 12.3. The molecule has 0 aliphatic carbocycles. The monoisotopic (exact) mass is 449 g/mol. The molecule has 4 rings (SSSR count). The summed E-state index contributed by atoms with van der Waals surface area (Å²) in [7, 11) is -3.88. The Morgan fingerprint density at radius 1 is 1.17 bits per heavy atom. The lowest BCUT2D eigenvalue weighted by molar-refractivity contribution is 0.102. The Balaban J connectivity index is 1.70. The van der Waals surface area contributed by atoms with Gasteiger partial charge in [0, 0.05) is 23.5 Å². The number of hydrogen-bond donors (Lipinski definition) is 1. The molecule has 0 bridgehead atoms. The molecule has 9 heteroatoms. The Morgan fingerprint density at radius 2 is 1.93 bits per heavy atom. The van der Waals surface area contributed by atoms with Crippen molar-refractivity contribution >= 4 is 56.5 Å². The molecule has 6 nitrogen and oxygen atoms in total. The minimum absolute atomic E-state index is 0.0235. The fraction of sp³-hybridized carbons (Fsp3) is 0.300. The third-order valence-corrected chi connectivity index (χ3v) is 7.42. The SMILES string of the molecule is CSc1ccc(NC(=O)c2cc3c(cc2Cl)N2CCCCCC2=NS3(=O)=O)cc1. The fourth-order valence-electron chi connectivity index (χ4n) is 3.54. The van der Waals surface area contributed by atoms with E-state index >= 15 is 0 Å². The minimum atomic E-state index is -3.88. The lowest BCUT2D eigenvalue weighted by atomic mass is 10.1. The third-order valence-electron chi connectivity index (χ3n) is 5.03. The van der Waals surface area contributed by atoms with Gasteiger partial charge in [-0.05, 0) is 55.5 Å². The van der Waals surface area contributed by atoms with E-state index in [1.165, 1.54) is 6.07 Å². The summed E-state index contributed by atoms with van der Waals surface area (Å²) in [5.74, 6) is 0.0905. The number of carbonyl (C=O) groups excluding carboxylic acids is 1. The summed E-state index contributed by atoms with van der Waals surface area (Å²) in [6, 6.07) is 10.3. The van der Waals surface area contributed by atoms with Gasteiger partial charge < -0.3 is 10.2 Å². The number of anilines is 2. The number of thioether (sulfide) groups is 1. The number of nitrogens with zero attached hydrogens (tertiary/aromatic N) is 2. The second kappa shape index (κ2) is 8.01. The van der Waals surface area contributed by atoms with E-state index in [1.807, 2.05) is 23.3 Å². The summed E-state index contributed by atoms with van der Waals surface area (Å²) in [6.07, 6.45) is 5.46. The predicted octanol–water partition coefficient (Wildman–Crippen LogP) is 4.80. The zero-order chi connectivity index (χ0) is 20.6. The predicted molar refractivity (Wildman–Crippen MR) is 118 cm³/mol. The van der Waals surface area contributed by atoms with Crippen LogP contribution in [-0.2, 0) is 10.0 Å². The Bertz CT molecular complexity index is 1100. The van der Waals surface area contributed by atoms with E-state index in [-0.39, 0.29) is 15.5 Å². The van der Waals surface area contributed by atoms with Crippen LogP contribution in [0.1, 0.15) is 36.0 Å². The molecule has 2 aliphatic rings. The molecular weight excluding hydrogens is 430 g/mol. The molecule has 0 saturated carbocycles. The molecule has 1 amide bonds. The molecular formula is C20H20ClN3O3S2. The Hall–Kier alpha value is -2.03. The number of halogens is 1. The van der Waals surface area contributed by atoms with Gasteiger partial charge in [-0.1, -0.05) is 18.0 Å². The molecule has 0 radical (unpaired) electrons. The van der Waals surface area contributed by atoms with Crippen molar-refractivity contribution in [3.8, 4) is 0 Å². The number of hydrogen-bond acceptors (Lipinski definition) is 5. The Kier molecular flexibility index (Phi) is 5.59. The van der Waals surface area contributed by atoms with Gasteiger partial charge in [0.2, 0.25) is 0 Å². The first-order valence-electron chi connectivity index (χ1n) is 9.29. The molecule has 0 spiro atoms. The average molecular weight is 450 g/mol. The van der Waals surface area contributed by atoms with Crippen LogP contribution in [0.5, 0.6) is 0 Å². The fourth-order valence-corrected chi connectivity index (χ4v) is 5.46. The number of sulfonamides is 1. The highest BCUT2D eigenvalue weighted by Crippen LogP contribution is 2.38. The molecule has 0 atom stereocenters. The van der Waals surface area contributed by atoms with Gasteiger partial charge in [0.25, 0.3) is 15.9 Å². The number of rotatable bonds is 3. The molecule has 2 aromatic carbocycles. The van der Waals surface area contributed by atoms with E-state index in [2.05, 4.69) is 9.71 Å². The number of benzene rings is 2. The Labute approximate surface area is 179 Å². The van der Waals surface area contributed by atoms with Crippen LogP contribution in [0.3, 0.4) is 0 Å². The van der Waals surface area contributed by atoms with Gasteiger partial charge in [-0.25, -0.2) is 0 Å². The first-order chi connectivity index (χ1) is 13.9. The van der Waals surface area contributed by atoms with E-state index in [4.69, 9.17) is 11.6 Å². The van der Waals surface area contributed by atoms with Gasteiger partial charge in [-0.3, -0.25) is 4.79 Å². The van der Waals surface area contributed by atoms with E-state index in [9.17, 15) is 13.2 Å². The zero-order valence-corrected chi connectivity index (χ0v) is 18.2. The van der Waals surface area contributed by atoms with Gasteiger partial charge in [0.05, 0.1) is 16.3 Å². The summed E-state index contributed by atoms with van der Waals surface area (Å²) in [5, 5.41) is 2.98. The van der Waals surface area contributed by atoms with Crippen LogP contribution in [0.2, 0.25) is 5.02 Å². The van der Waals surface area contributed by atoms with Crippen molar-refractivity contribution in [3.63, 3.8) is 0 Å². The summed E-state index contributed by atoms with van der Waals surface area (Å²) < 4.78 is 29.5. The van der Waals surface area contributed by atoms with E-state index < -0.39 is 15.9 Å². The summed E-state index contributed by atoms with van der Waals surface area (Å²) in [4.78, 5) is 15.8. The number of carbonyl (C=O) groups is 1. The van der Waals surface area contributed by atoms with Crippen LogP contribution in [0, 0.1) is 0 Å². The van der Waals surface area contributed by atoms with Gasteiger partial charge >= 0.3 is 0 Å². The molecule has 0 aromatic heterocycles. The second-order valence-corrected chi connectivity index (χ2v) is 9.79. The molecule has 1 N–H and O–H groups in total. The van der Waals surface area contributed by atoms with Crippen LogP contribution in [-0.4, -0.2) is 33.0 Å². The van der Waals surface area contributed by atoms with Crippen molar-refractivity contribution in [2.45, 2.75) is 35.5 Å². The van der Waals surface area contributed by atoms with Crippen molar-refractivity contribution in [2.24, 2.45) is 4.40 Å². The second-order valence-electron chi connectivity index (χ2n) is 6.93. The molecule has 1 saturated heterocycles. The largest absolute Gasteiger partial charge is 0.328 e. The van der Waals surface area contributed by atoms with Crippen LogP contribution in [0.4, 0.5) is 11.4 Å². The van der Waals surface area contributed by atoms with Crippen LogP contribution in [0.25, 0.3) is 0 Å². The van der Waals surface area contributed by atoms with Gasteiger partial charge in [-0.2, -0.15) is 8.42 Å². The van der Waals surface area contributed by atoms with Gasteiger partial charge in [0.1, 0.15) is 10.7 Å². The first kappa shape index (κ1) is 20.3. The van der Waals surface area contributed by atoms with Crippen molar-refractivity contribution in [2.75, 3.05) is 23.0 Å². The molecule has 2 heterocycles. The summed E-state index contributed by atoms with van der Waals surface area (Å²) >= 11 is 8.01. The third kappa shape index (κ3) is 4.01. The smallest absolute Gasteiger partial charge is 0.286 e. The standard InChI is InChI=1S/C20H20ClN3O3S2/c1-28-14-8-6-13(7-9-14)22-20(25)15-11-18-17(12-16(15)21)24-10-4-2-3-5-19(24)23-29(18,26)27/h6-9,11-12H,2-5,10H2,1H3,(H,22,25). The van der Waals surface area contributed by atoms with Crippen molar-refractivity contribution in [1.29, 1.82) is 0 Å². The normalized spacial score (nSPS) is 17.6. The quantitative estimate of drug-likeness (QED) is 0.681. The Morgan fingerprint density at radius 3 is 2.66 bits per heavy atom. The number of fused-ring (bicyclic) bond motifs is 3. The molecule has 2 aromatic rings. The summed E-state index contributed by atoms with van der Waals surface area (Å²) in [6.45, 7) is 0.686. The maximum Gasteiger partial charge on any atom is 0.286 e. The average Bonchev–Trinajstić information content (AvgIpc) is 2.93. The highest BCUT2D eigenvalue weighted by atomic mass is 35.5. The van der Waals surface area contributed by atoms with Crippen LogP contribution in [0.15, 0.2) is 50.6 Å². The maximum absolute atomic E-state index is 12.8. The van der Waals surface area contributed by atoms with Crippen molar-refractivity contribution in [1.82, 2.24) is 0 Å². The number of amidine groups is 1. The number of nitrogens with one attached hydrogen (secondary N) is 1. The highest BCUT2D eigenvalue weighted by molar-refractivity contribution is 7.98. The number of amides is 1. The van der Waals surface area contributed by atoms with Gasteiger partial charge in [0.15, 0.2) is 0 Å². The zero-order valence-electron chi connectivity index (χ0n) is 15.8. The van der Waals surface area contributed by atoms with E-state index in [0.717, 1.165) is 24.2 Å². The van der Waals surface area contributed by atoms with E-state index in [0.29, 0.717) is 30.2 Å². The van der Waals surface area contributed by atoms with Crippen LogP contribution >= 0.6 is 23.4 Å². The van der Waals surface area contributed by atoms with Gasteiger partial charge in [-0.15, -0.1) is 16.2 Å². The van der Waals surface area contributed by atoms with Crippen LogP contribution < -0.4 is 10.2 Å². The van der Waals surface area contributed by atoms with Crippen molar-refractivity contribution < 1.29 is 13.2 Å². The molecule has 152 valence electrons. The lowest BCUT2D eigenvalue weighted by Gasteiger charge is -2.30. The summed E-state index contributed by atoms with van der Waals surface area (Å²) in [5.41, 5.74) is 1.22. The molecule has 1 fully saturated rings. The lowest BCUT2D eigenvalue weighted by Crippen LogP contribution is -2.35. The minimum Gasteiger partial charge on any atom is -0.328 e. The molecule has 29 heavy (non-hydrogen) atoms. The van der Waals surface area contributed by atoms with Crippen molar-refractivity contribution in [3.05, 3.63) is 47.0 Å². The molecule has 0 unspecified atom stereocenters. The topological polar surface area (TPSA) is 78.8 Å². The highest BCUT2D eigenvalue weighted by Gasteiger charge is 2.33.